The van der Waals surface area contributed by atoms with Gasteiger partial charge in [0, 0.05) is 9.50 Å². The maximum absolute atomic E-state index is 12.1. The van der Waals surface area contributed by atoms with E-state index in [1.54, 1.807) is 12.1 Å². The molecule has 104 valence electrons. The Balaban J connectivity index is 2.18. The summed E-state index contributed by atoms with van der Waals surface area (Å²) in [4.78, 5) is 12.1. The van der Waals surface area contributed by atoms with Gasteiger partial charge in [-0.3, -0.25) is 0 Å². The lowest BCUT2D eigenvalue weighted by Crippen LogP contribution is -2.32. The SMILES string of the molecule is CCOC(=O)C(NCC1CC1)c1cc(Cl)ccc1Br. The second-order valence-corrected chi connectivity index (χ2v) is 5.99. The number of carbonyl (C=O) groups is 1. The number of benzene rings is 1. The van der Waals surface area contributed by atoms with Crippen molar-refractivity contribution in [2.24, 2.45) is 5.92 Å². The quantitative estimate of drug-likeness (QED) is 0.798. The zero-order chi connectivity index (χ0) is 13.8. The van der Waals surface area contributed by atoms with Gasteiger partial charge in [-0.25, -0.2) is 4.79 Å². The van der Waals surface area contributed by atoms with Crippen LogP contribution in [0, 0.1) is 5.92 Å². The summed E-state index contributed by atoms with van der Waals surface area (Å²) in [7, 11) is 0. The summed E-state index contributed by atoms with van der Waals surface area (Å²) in [6, 6.07) is 4.97. The Kier molecular flexibility index (Phi) is 5.25. The molecule has 1 aliphatic carbocycles. The van der Waals surface area contributed by atoms with Crippen molar-refractivity contribution in [1.82, 2.24) is 5.32 Å². The van der Waals surface area contributed by atoms with Crippen molar-refractivity contribution in [2.75, 3.05) is 13.2 Å². The highest BCUT2D eigenvalue weighted by Gasteiger charge is 2.28. The Morgan fingerprint density at radius 2 is 2.32 bits per heavy atom. The van der Waals surface area contributed by atoms with E-state index >= 15 is 0 Å². The number of halogens is 2. The van der Waals surface area contributed by atoms with Gasteiger partial charge in [0.2, 0.25) is 0 Å². The Morgan fingerprint density at radius 1 is 1.58 bits per heavy atom. The average Bonchev–Trinajstić information content (AvgIpc) is 3.18. The van der Waals surface area contributed by atoms with Gasteiger partial charge in [-0.15, -0.1) is 0 Å². The van der Waals surface area contributed by atoms with E-state index in [9.17, 15) is 4.79 Å². The van der Waals surface area contributed by atoms with Gasteiger partial charge >= 0.3 is 5.97 Å². The Labute approximate surface area is 126 Å². The van der Waals surface area contributed by atoms with Crippen LogP contribution in [0.3, 0.4) is 0 Å². The zero-order valence-corrected chi connectivity index (χ0v) is 13.1. The summed E-state index contributed by atoms with van der Waals surface area (Å²) in [6.07, 6.45) is 2.47. The van der Waals surface area contributed by atoms with Gasteiger partial charge in [0.05, 0.1) is 6.61 Å². The molecule has 19 heavy (non-hydrogen) atoms. The van der Waals surface area contributed by atoms with Crippen molar-refractivity contribution in [2.45, 2.75) is 25.8 Å². The van der Waals surface area contributed by atoms with E-state index < -0.39 is 6.04 Å². The van der Waals surface area contributed by atoms with Gasteiger partial charge in [0.15, 0.2) is 0 Å². The van der Waals surface area contributed by atoms with Gasteiger partial charge < -0.3 is 10.1 Å². The first-order valence-electron chi connectivity index (χ1n) is 6.46. The second-order valence-electron chi connectivity index (χ2n) is 4.70. The molecule has 0 saturated heterocycles. The van der Waals surface area contributed by atoms with Crippen LogP contribution in [0.15, 0.2) is 22.7 Å². The average molecular weight is 347 g/mol. The molecule has 2 rings (SSSR count). The molecule has 0 bridgehead atoms. The summed E-state index contributed by atoms with van der Waals surface area (Å²) < 4.78 is 6.00. The van der Waals surface area contributed by atoms with Crippen LogP contribution in [0.4, 0.5) is 0 Å². The van der Waals surface area contributed by atoms with E-state index in [1.165, 1.54) is 12.8 Å². The van der Waals surface area contributed by atoms with Crippen molar-refractivity contribution >= 4 is 33.5 Å². The van der Waals surface area contributed by atoms with Crippen molar-refractivity contribution in [3.05, 3.63) is 33.3 Å². The van der Waals surface area contributed by atoms with Crippen LogP contribution in [0.1, 0.15) is 31.4 Å². The van der Waals surface area contributed by atoms with Gasteiger partial charge in [-0.05, 0) is 56.0 Å². The molecular formula is C14H17BrClNO2. The minimum Gasteiger partial charge on any atom is -0.465 e. The zero-order valence-electron chi connectivity index (χ0n) is 10.8. The standard InChI is InChI=1S/C14H17BrClNO2/c1-2-19-14(18)13(17-8-9-3-4-9)11-7-10(16)5-6-12(11)15/h5-7,9,13,17H,2-4,8H2,1H3. The molecule has 1 atom stereocenters. The fourth-order valence-electron chi connectivity index (χ4n) is 1.89. The van der Waals surface area contributed by atoms with Crippen LogP contribution in [-0.4, -0.2) is 19.1 Å². The summed E-state index contributed by atoms with van der Waals surface area (Å²) in [5.41, 5.74) is 0.826. The lowest BCUT2D eigenvalue weighted by atomic mass is 10.1. The van der Waals surface area contributed by atoms with Crippen LogP contribution in [0.25, 0.3) is 0 Å². The van der Waals surface area contributed by atoms with E-state index in [0.29, 0.717) is 17.5 Å². The summed E-state index contributed by atoms with van der Waals surface area (Å²) in [5, 5.41) is 3.90. The van der Waals surface area contributed by atoms with Crippen molar-refractivity contribution in [3.8, 4) is 0 Å². The number of nitrogens with one attached hydrogen (secondary N) is 1. The molecule has 0 heterocycles. The van der Waals surface area contributed by atoms with Crippen LogP contribution >= 0.6 is 27.5 Å². The van der Waals surface area contributed by atoms with E-state index in [0.717, 1.165) is 16.6 Å². The molecule has 0 amide bonds. The van der Waals surface area contributed by atoms with E-state index in [1.807, 2.05) is 13.0 Å². The molecule has 1 aromatic rings. The van der Waals surface area contributed by atoms with Gasteiger partial charge in [0.25, 0.3) is 0 Å². The molecule has 3 nitrogen and oxygen atoms in total. The molecular weight excluding hydrogens is 330 g/mol. The number of hydrogen-bond donors (Lipinski definition) is 1. The third-order valence-electron chi connectivity index (χ3n) is 3.10. The molecule has 1 aliphatic rings. The third kappa shape index (κ3) is 4.20. The Morgan fingerprint density at radius 3 is 2.95 bits per heavy atom. The summed E-state index contributed by atoms with van der Waals surface area (Å²) in [5.74, 6) is 0.431. The fourth-order valence-corrected chi connectivity index (χ4v) is 2.54. The number of rotatable bonds is 6. The maximum Gasteiger partial charge on any atom is 0.327 e. The van der Waals surface area contributed by atoms with Crippen molar-refractivity contribution < 1.29 is 9.53 Å². The number of hydrogen-bond acceptors (Lipinski definition) is 3. The van der Waals surface area contributed by atoms with Crippen LogP contribution in [0.5, 0.6) is 0 Å². The molecule has 0 spiro atoms. The Hall–Kier alpha value is -0.580. The number of esters is 1. The minimum absolute atomic E-state index is 0.258. The summed E-state index contributed by atoms with van der Waals surface area (Å²) in [6.45, 7) is 3.02. The second kappa shape index (κ2) is 6.73. The molecule has 5 heteroatoms. The molecule has 0 aromatic heterocycles. The highest BCUT2D eigenvalue weighted by atomic mass is 79.9. The molecule has 0 aliphatic heterocycles. The molecule has 1 N–H and O–H groups in total. The van der Waals surface area contributed by atoms with Crippen molar-refractivity contribution in [1.29, 1.82) is 0 Å². The van der Waals surface area contributed by atoms with Crippen LogP contribution in [0.2, 0.25) is 5.02 Å². The van der Waals surface area contributed by atoms with E-state index in [-0.39, 0.29) is 5.97 Å². The largest absolute Gasteiger partial charge is 0.465 e. The van der Waals surface area contributed by atoms with Crippen LogP contribution < -0.4 is 5.32 Å². The highest BCUT2D eigenvalue weighted by Crippen LogP contribution is 2.31. The van der Waals surface area contributed by atoms with Crippen LogP contribution in [-0.2, 0) is 9.53 Å². The lowest BCUT2D eigenvalue weighted by Gasteiger charge is -2.19. The number of carbonyl (C=O) groups excluding carboxylic acids is 1. The summed E-state index contributed by atoms with van der Waals surface area (Å²) >= 11 is 9.48. The molecule has 1 saturated carbocycles. The Bertz CT molecular complexity index is 463. The van der Waals surface area contributed by atoms with E-state index in [4.69, 9.17) is 16.3 Å². The minimum atomic E-state index is -0.464. The number of ether oxygens (including phenoxy) is 1. The first-order valence-corrected chi connectivity index (χ1v) is 7.64. The maximum atomic E-state index is 12.1. The molecule has 1 aromatic carbocycles. The molecule has 1 unspecified atom stereocenters. The smallest absolute Gasteiger partial charge is 0.327 e. The van der Waals surface area contributed by atoms with Gasteiger partial charge in [0.1, 0.15) is 6.04 Å². The topological polar surface area (TPSA) is 38.3 Å². The predicted molar refractivity (Wildman–Crippen MR) is 79.3 cm³/mol. The normalized spacial score (nSPS) is 16.2. The fraction of sp³-hybridized carbons (Fsp3) is 0.500. The van der Waals surface area contributed by atoms with Crippen molar-refractivity contribution in [3.63, 3.8) is 0 Å². The lowest BCUT2D eigenvalue weighted by molar-refractivity contribution is -0.145. The van der Waals surface area contributed by atoms with E-state index in [2.05, 4.69) is 21.2 Å². The third-order valence-corrected chi connectivity index (χ3v) is 4.06. The predicted octanol–water partition coefficient (Wildman–Crippen LogP) is 3.71. The first kappa shape index (κ1) is 14.8. The first-order chi connectivity index (χ1) is 9.11. The van der Waals surface area contributed by atoms with Gasteiger partial charge in [-0.1, -0.05) is 27.5 Å². The highest BCUT2D eigenvalue weighted by molar-refractivity contribution is 9.10. The molecule has 0 radical (unpaired) electrons. The monoisotopic (exact) mass is 345 g/mol. The molecule has 1 fully saturated rings. The van der Waals surface area contributed by atoms with Gasteiger partial charge in [-0.2, -0.15) is 0 Å².